The molecule has 11 heteroatoms. The summed E-state index contributed by atoms with van der Waals surface area (Å²) in [6.45, 7) is 2.81. The Labute approximate surface area is 192 Å². The van der Waals surface area contributed by atoms with Crippen molar-refractivity contribution in [3.63, 3.8) is 0 Å². The predicted octanol–water partition coefficient (Wildman–Crippen LogP) is -0.881. The highest BCUT2D eigenvalue weighted by molar-refractivity contribution is 6.00. The summed E-state index contributed by atoms with van der Waals surface area (Å²) in [6, 6.07) is 3.25. The highest BCUT2D eigenvalue weighted by Crippen LogP contribution is 2.24. The Morgan fingerprint density at radius 3 is 2.64 bits per heavy atom. The van der Waals surface area contributed by atoms with Crippen molar-refractivity contribution in [3.8, 4) is 5.75 Å². The van der Waals surface area contributed by atoms with E-state index in [0.717, 1.165) is 25.9 Å². The highest BCUT2D eigenvalue weighted by Gasteiger charge is 2.24. The molecular weight excluding hydrogens is 430 g/mol. The van der Waals surface area contributed by atoms with Gasteiger partial charge in [-0.3, -0.25) is 19.2 Å². The van der Waals surface area contributed by atoms with Gasteiger partial charge in [-0.2, -0.15) is 0 Å². The van der Waals surface area contributed by atoms with Gasteiger partial charge >= 0.3 is 0 Å². The van der Waals surface area contributed by atoms with Crippen molar-refractivity contribution in [2.45, 2.75) is 38.3 Å². The number of rotatable bonds is 3. The van der Waals surface area contributed by atoms with Gasteiger partial charge in [-0.25, -0.2) is 0 Å². The number of ether oxygens (including phenoxy) is 1. The topological polar surface area (TPSA) is 158 Å². The summed E-state index contributed by atoms with van der Waals surface area (Å²) in [5, 5.41) is 23.3. The molecule has 2 unspecified atom stereocenters. The number of anilines is 1. The molecule has 0 aliphatic carbocycles. The maximum Gasteiger partial charge on any atom is 0.255 e. The summed E-state index contributed by atoms with van der Waals surface area (Å²) < 4.78 is 5.78. The van der Waals surface area contributed by atoms with Crippen LogP contribution in [0.2, 0.25) is 0 Å². The number of fused-ring (bicyclic) bond motifs is 1. The van der Waals surface area contributed by atoms with Gasteiger partial charge in [-0.15, -0.1) is 0 Å². The third kappa shape index (κ3) is 6.90. The first kappa shape index (κ1) is 24.5. The summed E-state index contributed by atoms with van der Waals surface area (Å²) in [5.74, 6) is -1.36. The molecule has 1 saturated heterocycles. The molecule has 2 aliphatic rings. The fraction of sp³-hybridized carbons (Fsp3) is 0.545. The summed E-state index contributed by atoms with van der Waals surface area (Å²) in [4.78, 5) is 49.8. The predicted molar refractivity (Wildman–Crippen MR) is 120 cm³/mol. The molecular formula is C22H31N5O6. The van der Waals surface area contributed by atoms with Gasteiger partial charge in [-0.05, 0) is 51.1 Å². The van der Waals surface area contributed by atoms with Gasteiger partial charge < -0.3 is 36.4 Å². The van der Waals surface area contributed by atoms with E-state index in [1.807, 2.05) is 0 Å². The Kier molecular flexibility index (Phi) is 8.61. The first-order valence-corrected chi connectivity index (χ1v) is 11.1. The Hall–Kier alpha value is -3.18. The summed E-state index contributed by atoms with van der Waals surface area (Å²) in [7, 11) is 0. The van der Waals surface area contributed by atoms with Gasteiger partial charge in [0.15, 0.2) is 0 Å². The number of hydrogen-bond donors (Lipinski definition) is 6. The molecule has 0 aromatic heterocycles. The SMILES string of the molecule is CC1COc2ccc(NC(=O)C3CCNCC3)cc2C(=O)NCCC(=O)NC(CO)C(=O)N1. The standard InChI is InChI=1S/C22H31N5O6/c1-13-12-33-18-3-2-15(26-20(30)14-4-7-23-8-5-14)10-16(18)21(31)24-9-6-19(29)27-17(11-28)22(32)25-13/h2-3,10,13-14,17,23,28H,4-9,11-12H2,1H3,(H,24,31)(H,25,32)(H,26,30)(H,27,29). The van der Waals surface area contributed by atoms with Crippen molar-refractivity contribution < 1.29 is 29.0 Å². The average molecular weight is 462 g/mol. The second-order valence-electron chi connectivity index (χ2n) is 8.25. The number of benzene rings is 1. The minimum absolute atomic E-state index is 0.0198. The van der Waals surface area contributed by atoms with Gasteiger partial charge in [0.05, 0.1) is 18.2 Å². The van der Waals surface area contributed by atoms with Crippen LogP contribution in [0.1, 0.15) is 36.5 Å². The van der Waals surface area contributed by atoms with E-state index in [1.54, 1.807) is 25.1 Å². The highest BCUT2D eigenvalue weighted by atomic mass is 16.5. The second kappa shape index (κ2) is 11.6. The molecule has 4 amide bonds. The number of amides is 4. The van der Waals surface area contributed by atoms with Crippen LogP contribution in [0.15, 0.2) is 18.2 Å². The molecule has 180 valence electrons. The van der Waals surface area contributed by atoms with Crippen molar-refractivity contribution in [2.24, 2.45) is 5.92 Å². The Morgan fingerprint density at radius 2 is 1.91 bits per heavy atom. The molecule has 0 radical (unpaired) electrons. The van der Waals surface area contributed by atoms with Crippen molar-refractivity contribution in [3.05, 3.63) is 23.8 Å². The Bertz CT molecular complexity index is 886. The molecule has 1 aromatic rings. The lowest BCUT2D eigenvalue weighted by Gasteiger charge is -2.23. The van der Waals surface area contributed by atoms with E-state index in [-0.39, 0.29) is 42.7 Å². The van der Waals surface area contributed by atoms with E-state index >= 15 is 0 Å². The number of carbonyl (C=O) groups is 4. The number of hydrogen-bond acceptors (Lipinski definition) is 7. The number of aliphatic hydroxyl groups excluding tert-OH is 1. The lowest BCUT2D eigenvalue weighted by atomic mass is 9.97. The fourth-order valence-corrected chi connectivity index (χ4v) is 3.68. The van der Waals surface area contributed by atoms with Crippen LogP contribution >= 0.6 is 0 Å². The van der Waals surface area contributed by atoms with Gasteiger partial charge in [-0.1, -0.05) is 0 Å². The molecule has 33 heavy (non-hydrogen) atoms. The zero-order valence-corrected chi connectivity index (χ0v) is 18.6. The van der Waals surface area contributed by atoms with Gasteiger partial charge in [0.1, 0.15) is 18.4 Å². The molecule has 2 heterocycles. The van der Waals surface area contributed by atoms with Crippen LogP contribution in [-0.4, -0.2) is 73.7 Å². The summed E-state index contributed by atoms with van der Waals surface area (Å²) in [5.41, 5.74) is 0.685. The van der Waals surface area contributed by atoms with Crippen LogP contribution in [0.25, 0.3) is 0 Å². The number of aliphatic hydroxyl groups is 1. The maximum atomic E-state index is 12.8. The molecule has 2 atom stereocenters. The minimum atomic E-state index is -1.09. The van der Waals surface area contributed by atoms with Gasteiger partial charge in [0.25, 0.3) is 5.91 Å². The third-order valence-corrected chi connectivity index (χ3v) is 5.55. The minimum Gasteiger partial charge on any atom is -0.491 e. The molecule has 2 aliphatic heterocycles. The van der Waals surface area contributed by atoms with Gasteiger partial charge in [0, 0.05) is 24.6 Å². The molecule has 1 fully saturated rings. The Morgan fingerprint density at radius 1 is 1.15 bits per heavy atom. The van der Waals surface area contributed by atoms with Crippen molar-refractivity contribution in [2.75, 3.05) is 38.2 Å². The third-order valence-electron chi connectivity index (χ3n) is 5.55. The van der Waals surface area contributed by atoms with Crippen LogP contribution in [0, 0.1) is 5.92 Å². The molecule has 0 bridgehead atoms. The lowest BCUT2D eigenvalue weighted by Crippen LogP contribution is -2.52. The molecule has 11 nitrogen and oxygen atoms in total. The van der Waals surface area contributed by atoms with E-state index in [0.29, 0.717) is 5.69 Å². The van der Waals surface area contributed by atoms with E-state index < -0.39 is 36.4 Å². The van der Waals surface area contributed by atoms with Crippen LogP contribution in [0.5, 0.6) is 5.75 Å². The molecule has 6 N–H and O–H groups in total. The van der Waals surface area contributed by atoms with Crippen molar-refractivity contribution >= 4 is 29.3 Å². The Balaban J connectivity index is 1.77. The van der Waals surface area contributed by atoms with E-state index in [9.17, 15) is 24.3 Å². The zero-order chi connectivity index (χ0) is 23.8. The van der Waals surface area contributed by atoms with Crippen LogP contribution in [0.4, 0.5) is 5.69 Å². The monoisotopic (exact) mass is 461 g/mol. The normalized spacial score (nSPS) is 23.2. The molecule has 1 aromatic carbocycles. The quantitative estimate of drug-likeness (QED) is 0.341. The number of nitrogens with one attached hydrogen (secondary N) is 5. The van der Waals surface area contributed by atoms with E-state index in [1.165, 1.54) is 0 Å². The molecule has 0 saturated carbocycles. The summed E-state index contributed by atoms with van der Waals surface area (Å²) in [6.07, 6.45) is 1.43. The molecule has 0 spiro atoms. The van der Waals surface area contributed by atoms with Crippen LogP contribution in [-0.2, 0) is 14.4 Å². The average Bonchev–Trinajstić information content (AvgIpc) is 2.81. The van der Waals surface area contributed by atoms with Crippen LogP contribution < -0.4 is 31.3 Å². The number of piperidine rings is 1. The smallest absolute Gasteiger partial charge is 0.255 e. The van der Waals surface area contributed by atoms with E-state index in [2.05, 4.69) is 26.6 Å². The van der Waals surface area contributed by atoms with Crippen molar-refractivity contribution in [1.82, 2.24) is 21.3 Å². The maximum absolute atomic E-state index is 12.8. The first-order valence-electron chi connectivity index (χ1n) is 11.1. The largest absolute Gasteiger partial charge is 0.491 e. The van der Waals surface area contributed by atoms with Gasteiger partial charge in [0.2, 0.25) is 17.7 Å². The lowest BCUT2D eigenvalue weighted by molar-refractivity contribution is -0.130. The second-order valence-corrected chi connectivity index (χ2v) is 8.25. The first-order chi connectivity index (χ1) is 15.9. The molecule has 3 rings (SSSR count). The van der Waals surface area contributed by atoms with Crippen LogP contribution in [0.3, 0.4) is 0 Å². The zero-order valence-electron chi connectivity index (χ0n) is 18.6. The van der Waals surface area contributed by atoms with E-state index in [4.69, 9.17) is 4.74 Å². The summed E-state index contributed by atoms with van der Waals surface area (Å²) >= 11 is 0. The fourth-order valence-electron chi connectivity index (χ4n) is 3.68. The number of carbonyl (C=O) groups excluding carboxylic acids is 4. The van der Waals surface area contributed by atoms with Crippen molar-refractivity contribution in [1.29, 1.82) is 0 Å².